The van der Waals surface area contributed by atoms with Crippen molar-refractivity contribution in [2.45, 2.75) is 51.2 Å². The number of carbonyl (C=O) groups is 2. The fourth-order valence-electron chi connectivity index (χ4n) is 4.02. The molecule has 3 rings (SSSR count). The lowest BCUT2D eigenvalue weighted by Crippen LogP contribution is -2.41. The van der Waals surface area contributed by atoms with Gasteiger partial charge in [-0.05, 0) is 41.9 Å². The van der Waals surface area contributed by atoms with Crippen molar-refractivity contribution in [1.82, 2.24) is 5.32 Å². The lowest BCUT2D eigenvalue weighted by Gasteiger charge is -2.40. The number of allylic oxidation sites excluding steroid dienone is 2. The van der Waals surface area contributed by atoms with Crippen molar-refractivity contribution in [1.29, 1.82) is 0 Å². The Morgan fingerprint density at radius 3 is 2.03 bits per heavy atom. The number of amides is 2. The van der Waals surface area contributed by atoms with Gasteiger partial charge in [-0.25, -0.2) is 0 Å². The molecule has 1 fully saturated rings. The summed E-state index contributed by atoms with van der Waals surface area (Å²) in [5, 5.41) is 2.52. The molecule has 170 valence electrons. The van der Waals surface area contributed by atoms with E-state index in [2.05, 4.69) is 39.2 Å². The third kappa shape index (κ3) is 4.17. The SMILES string of the molecule is COc1cc([C@@H]2C=C(O[Si](C)(C)C(C)(C)C)C[C@H]3C(=O)NC(=O)[C@H]32)cc(OC)c1OC. The molecule has 1 aromatic carbocycles. The maximum Gasteiger partial charge on any atom is 0.250 e. The van der Waals surface area contributed by atoms with E-state index in [-0.39, 0.29) is 22.8 Å². The van der Waals surface area contributed by atoms with Crippen LogP contribution >= 0.6 is 0 Å². The summed E-state index contributed by atoms with van der Waals surface area (Å²) in [4.78, 5) is 25.3. The molecule has 1 aliphatic heterocycles. The maximum atomic E-state index is 12.7. The maximum absolute atomic E-state index is 12.7. The van der Waals surface area contributed by atoms with Gasteiger partial charge in [0.25, 0.3) is 0 Å². The van der Waals surface area contributed by atoms with E-state index in [0.717, 1.165) is 11.3 Å². The van der Waals surface area contributed by atoms with Gasteiger partial charge in [0.05, 0.1) is 38.9 Å². The second-order valence-corrected chi connectivity index (χ2v) is 14.4. The number of nitrogens with one attached hydrogen (secondary N) is 1. The molecular weight excluding hydrogens is 414 g/mol. The summed E-state index contributed by atoms with van der Waals surface area (Å²) in [5.41, 5.74) is 0.811. The van der Waals surface area contributed by atoms with Crippen LogP contribution in [-0.2, 0) is 14.0 Å². The minimum atomic E-state index is -2.11. The summed E-state index contributed by atoms with van der Waals surface area (Å²) >= 11 is 0. The van der Waals surface area contributed by atoms with E-state index in [1.54, 1.807) is 21.3 Å². The smallest absolute Gasteiger partial charge is 0.250 e. The highest BCUT2D eigenvalue weighted by atomic mass is 28.4. The van der Waals surface area contributed by atoms with Crippen molar-refractivity contribution in [2.24, 2.45) is 11.8 Å². The van der Waals surface area contributed by atoms with E-state index in [9.17, 15) is 9.59 Å². The van der Waals surface area contributed by atoms with Gasteiger partial charge in [-0.3, -0.25) is 14.9 Å². The van der Waals surface area contributed by atoms with Crippen LogP contribution in [0.1, 0.15) is 38.7 Å². The molecule has 1 aliphatic carbocycles. The van der Waals surface area contributed by atoms with Gasteiger partial charge in [-0.1, -0.05) is 20.8 Å². The fraction of sp³-hybridized carbons (Fsp3) is 0.565. The van der Waals surface area contributed by atoms with Crippen molar-refractivity contribution in [3.8, 4) is 17.2 Å². The van der Waals surface area contributed by atoms with Gasteiger partial charge in [0, 0.05) is 12.3 Å². The van der Waals surface area contributed by atoms with Crippen LogP contribution in [0.2, 0.25) is 18.1 Å². The van der Waals surface area contributed by atoms with Gasteiger partial charge in [0.1, 0.15) is 0 Å². The van der Waals surface area contributed by atoms with Gasteiger partial charge in [0.2, 0.25) is 25.9 Å². The Morgan fingerprint density at radius 2 is 1.55 bits per heavy atom. The second kappa shape index (κ2) is 8.22. The van der Waals surface area contributed by atoms with Crippen LogP contribution in [0.25, 0.3) is 0 Å². The zero-order valence-electron chi connectivity index (χ0n) is 19.6. The highest BCUT2D eigenvalue weighted by Crippen LogP contribution is 2.48. The van der Waals surface area contributed by atoms with Crippen molar-refractivity contribution in [3.63, 3.8) is 0 Å². The summed E-state index contributed by atoms with van der Waals surface area (Å²) in [6, 6.07) is 3.68. The monoisotopic (exact) mass is 447 g/mol. The van der Waals surface area contributed by atoms with E-state index in [4.69, 9.17) is 18.6 Å². The molecule has 0 aromatic heterocycles. The highest BCUT2D eigenvalue weighted by Gasteiger charge is 2.50. The molecule has 0 bridgehead atoms. The Hall–Kier alpha value is -2.48. The topological polar surface area (TPSA) is 83.1 Å². The number of carbonyl (C=O) groups excluding carboxylic acids is 2. The number of benzene rings is 1. The lowest BCUT2D eigenvalue weighted by molar-refractivity contribution is -0.126. The summed E-state index contributed by atoms with van der Waals surface area (Å²) < 4.78 is 23.0. The number of rotatable bonds is 6. The Morgan fingerprint density at radius 1 is 0.968 bits per heavy atom. The standard InChI is InChI=1S/C23H33NO6Si/c1-23(2,3)31(7,8)30-14-11-15(19-16(12-14)21(25)24-22(19)26)13-9-17(27-4)20(29-6)18(10-13)28-5/h9-11,15-16,19H,12H2,1-8H3,(H,24,25,26)/t15-,16+,19-/m0/s1. The molecule has 3 atom stereocenters. The van der Waals surface area contributed by atoms with E-state index in [1.165, 1.54) is 0 Å². The molecule has 2 amide bonds. The quantitative estimate of drug-likeness (QED) is 0.524. The molecule has 8 heteroatoms. The van der Waals surface area contributed by atoms with Crippen LogP contribution in [0.4, 0.5) is 0 Å². The first-order valence-corrected chi connectivity index (χ1v) is 13.4. The van der Waals surface area contributed by atoms with Gasteiger partial charge in [-0.15, -0.1) is 0 Å². The van der Waals surface area contributed by atoms with Gasteiger partial charge in [-0.2, -0.15) is 0 Å². The molecular formula is C23H33NO6Si. The Kier molecular flexibility index (Phi) is 6.15. The molecule has 0 saturated carbocycles. The van der Waals surface area contributed by atoms with E-state index in [1.807, 2.05) is 18.2 Å². The molecule has 0 spiro atoms. The molecule has 0 unspecified atom stereocenters. The van der Waals surface area contributed by atoms with Gasteiger partial charge >= 0.3 is 0 Å². The molecule has 1 aromatic rings. The van der Waals surface area contributed by atoms with Crippen LogP contribution in [0.3, 0.4) is 0 Å². The van der Waals surface area contributed by atoms with E-state index >= 15 is 0 Å². The Balaban J connectivity index is 2.11. The molecule has 0 radical (unpaired) electrons. The van der Waals surface area contributed by atoms with Crippen molar-refractivity contribution >= 4 is 20.1 Å². The molecule has 2 aliphatic rings. The molecule has 1 saturated heterocycles. The predicted molar refractivity (Wildman–Crippen MR) is 120 cm³/mol. The second-order valence-electron chi connectivity index (χ2n) is 9.67. The summed E-state index contributed by atoms with van der Waals surface area (Å²) in [7, 11) is 2.54. The number of methoxy groups -OCH3 is 3. The van der Waals surface area contributed by atoms with Crippen LogP contribution in [0.15, 0.2) is 24.0 Å². The number of fused-ring (bicyclic) bond motifs is 1. The predicted octanol–water partition coefficient (Wildman–Crippen LogP) is 3.99. The first kappa shape index (κ1) is 23.2. The van der Waals surface area contributed by atoms with Crippen molar-refractivity contribution in [2.75, 3.05) is 21.3 Å². The van der Waals surface area contributed by atoms with E-state index < -0.39 is 20.2 Å². The largest absolute Gasteiger partial charge is 0.547 e. The molecule has 1 N–H and O–H groups in total. The first-order valence-electron chi connectivity index (χ1n) is 10.5. The van der Waals surface area contributed by atoms with Crippen LogP contribution in [0.5, 0.6) is 17.2 Å². The summed E-state index contributed by atoms with van der Waals surface area (Å²) in [5.74, 6) is 0.467. The summed E-state index contributed by atoms with van der Waals surface area (Å²) in [6.07, 6.45) is 2.43. The number of ether oxygens (including phenoxy) is 3. The highest BCUT2D eigenvalue weighted by molar-refractivity contribution is 6.74. The Labute approximate surface area is 185 Å². The van der Waals surface area contributed by atoms with Gasteiger partial charge < -0.3 is 18.6 Å². The third-order valence-corrected chi connectivity index (χ3v) is 11.1. The minimum absolute atomic E-state index is 0.0144. The summed E-state index contributed by atoms with van der Waals surface area (Å²) in [6.45, 7) is 10.9. The average molecular weight is 448 g/mol. The number of hydrogen-bond donors (Lipinski definition) is 1. The van der Waals surface area contributed by atoms with Crippen molar-refractivity contribution < 1.29 is 28.2 Å². The van der Waals surface area contributed by atoms with Gasteiger partial charge in [0.15, 0.2) is 11.5 Å². The zero-order valence-corrected chi connectivity index (χ0v) is 20.6. The normalized spacial score (nSPS) is 23.6. The Bertz CT molecular complexity index is 892. The fourth-order valence-corrected chi connectivity index (χ4v) is 5.13. The van der Waals surface area contributed by atoms with Crippen LogP contribution < -0.4 is 19.5 Å². The van der Waals surface area contributed by atoms with Crippen LogP contribution in [0, 0.1) is 11.8 Å². The van der Waals surface area contributed by atoms with Crippen LogP contribution in [-0.4, -0.2) is 41.5 Å². The lowest BCUT2D eigenvalue weighted by atomic mass is 9.73. The van der Waals surface area contributed by atoms with E-state index in [0.29, 0.717) is 23.7 Å². The third-order valence-electron chi connectivity index (χ3n) is 6.76. The number of hydrogen-bond acceptors (Lipinski definition) is 6. The number of imide groups is 1. The molecule has 1 heterocycles. The van der Waals surface area contributed by atoms with Crippen molar-refractivity contribution in [3.05, 3.63) is 29.5 Å². The zero-order chi connectivity index (χ0) is 23.1. The molecule has 7 nitrogen and oxygen atoms in total. The first-order chi connectivity index (χ1) is 14.4. The molecule has 31 heavy (non-hydrogen) atoms. The average Bonchev–Trinajstić information content (AvgIpc) is 2.98. The minimum Gasteiger partial charge on any atom is -0.547 e.